The van der Waals surface area contributed by atoms with Crippen LogP contribution in [0.4, 0.5) is 0 Å². The van der Waals surface area contributed by atoms with E-state index in [1.165, 1.54) is 32.1 Å². The molecule has 8 nitrogen and oxygen atoms in total. The molecule has 8 heteroatoms. The summed E-state index contributed by atoms with van der Waals surface area (Å²) in [6.45, 7) is 11.9. The van der Waals surface area contributed by atoms with Crippen LogP contribution in [0.5, 0.6) is 0 Å². The first-order chi connectivity index (χ1) is 15.8. The van der Waals surface area contributed by atoms with Crippen LogP contribution in [0, 0.1) is 0 Å². The third-order valence-corrected chi connectivity index (χ3v) is 4.56. The summed E-state index contributed by atoms with van der Waals surface area (Å²) in [6, 6.07) is 0. The normalized spacial score (nSPS) is 11.5. The Bertz CT molecular complexity index is 466. The highest BCUT2D eigenvalue weighted by atomic mass is 16.6. The van der Waals surface area contributed by atoms with E-state index in [1.807, 2.05) is 20.8 Å². The van der Waals surface area contributed by atoms with E-state index < -0.39 is 5.60 Å². The highest BCUT2D eigenvalue weighted by Gasteiger charge is 2.15. The second-order valence-electron chi connectivity index (χ2n) is 9.01. The molecule has 0 fully saturated rings. The minimum absolute atomic E-state index is 0.106. The predicted octanol–water partition coefficient (Wildman–Crippen LogP) is 4.04. The molecule has 0 aromatic carbocycles. The van der Waals surface area contributed by atoms with Crippen molar-refractivity contribution in [1.29, 1.82) is 0 Å². The first kappa shape index (κ1) is 31.8. The zero-order valence-electron chi connectivity index (χ0n) is 21.6. The van der Waals surface area contributed by atoms with Crippen molar-refractivity contribution in [2.45, 2.75) is 91.1 Å². The van der Waals surface area contributed by atoms with Gasteiger partial charge in [0.25, 0.3) is 0 Å². The van der Waals surface area contributed by atoms with Crippen LogP contribution in [0.1, 0.15) is 85.5 Å². The molecule has 33 heavy (non-hydrogen) atoms. The van der Waals surface area contributed by atoms with Crippen LogP contribution in [0.15, 0.2) is 0 Å². The Labute approximate surface area is 201 Å². The zero-order valence-corrected chi connectivity index (χ0v) is 21.6. The number of carbonyl (C=O) groups is 2. The molecule has 0 saturated carbocycles. The molecule has 0 spiro atoms. The molecule has 0 aliphatic carbocycles. The maximum Gasteiger partial charge on any atom is 0.308 e. The van der Waals surface area contributed by atoms with Crippen LogP contribution in [-0.4, -0.2) is 76.9 Å². The van der Waals surface area contributed by atoms with Gasteiger partial charge in [-0.2, -0.15) is 0 Å². The molecule has 0 aromatic heterocycles. The lowest BCUT2D eigenvalue weighted by molar-refractivity contribution is -0.156. The number of nitrogens with one attached hydrogen (secondary N) is 1. The van der Waals surface area contributed by atoms with Gasteiger partial charge in [0.15, 0.2) is 0 Å². The Morgan fingerprint density at radius 1 is 0.636 bits per heavy atom. The number of hydrogen-bond donors (Lipinski definition) is 1. The van der Waals surface area contributed by atoms with E-state index in [2.05, 4.69) is 12.2 Å². The van der Waals surface area contributed by atoms with E-state index in [9.17, 15) is 9.59 Å². The van der Waals surface area contributed by atoms with Crippen molar-refractivity contribution in [3.63, 3.8) is 0 Å². The molecular weight excluding hydrogens is 426 g/mol. The molecule has 0 unspecified atom stereocenters. The Morgan fingerprint density at radius 3 is 1.67 bits per heavy atom. The van der Waals surface area contributed by atoms with Gasteiger partial charge in [0.1, 0.15) is 5.60 Å². The van der Waals surface area contributed by atoms with Crippen LogP contribution in [-0.2, 0) is 33.3 Å². The van der Waals surface area contributed by atoms with Crippen molar-refractivity contribution in [1.82, 2.24) is 5.32 Å². The molecule has 0 aliphatic rings. The van der Waals surface area contributed by atoms with Gasteiger partial charge in [0.05, 0.1) is 59.3 Å². The third kappa shape index (κ3) is 26.9. The van der Waals surface area contributed by atoms with Crippen molar-refractivity contribution in [3.8, 4) is 0 Å². The summed E-state index contributed by atoms with van der Waals surface area (Å²) < 4.78 is 26.8. The quantitative estimate of drug-likeness (QED) is 0.176. The van der Waals surface area contributed by atoms with E-state index in [-0.39, 0.29) is 18.3 Å². The second kappa shape index (κ2) is 22.6. The van der Waals surface area contributed by atoms with Crippen molar-refractivity contribution < 1.29 is 33.3 Å². The van der Waals surface area contributed by atoms with Gasteiger partial charge >= 0.3 is 5.97 Å². The standard InChI is InChI=1S/C25H49NO7/c1-5-6-7-8-9-10-11-12-23(27)26-14-16-30-18-20-32-22-21-31-19-17-29-15-13-24(28)33-25(2,3)4/h5-22H2,1-4H3,(H,26,27). The molecule has 0 aromatic rings. The smallest absolute Gasteiger partial charge is 0.308 e. The van der Waals surface area contributed by atoms with E-state index in [1.54, 1.807) is 0 Å². The molecule has 0 heterocycles. The molecule has 0 bridgehead atoms. The molecule has 0 atom stereocenters. The molecule has 1 N–H and O–H groups in total. The fourth-order valence-corrected chi connectivity index (χ4v) is 2.90. The predicted molar refractivity (Wildman–Crippen MR) is 129 cm³/mol. The van der Waals surface area contributed by atoms with Gasteiger partial charge in [-0.05, 0) is 27.2 Å². The van der Waals surface area contributed by atoms with E-state index in [0.29, 0.717) is 65.8 Å². The Morgan fingerprint density at radius 2 is 1.12 bits per heavy atom. The Balaban J connectivity index is 3.22. The first-order valence-corrected chi connectivity index (χ1v) is 12.6. The molecule has 0 aliphatic heterocycles. The first-order valence-electron chi connectivity index (χ1n) is 12.6. The molecule has 196 valence electrons. The average Bonchev–Trinajstić information content (AvgIpc) is 2.74. The van der Waals surface area contributed by atoms with Gasteiger partial charge < -0.3 is 29.0 Å². The summed E-state index contributed by atoms with van der Waals surface area (Å²) >= 11 is 0. The number of rotatable bonds is 23. The summed E-state index contributed by atoms with van der Waals surface area (Å²) in [5.41, 5.74) is -0.464. The molecule has 0 rings (SSSR count). The van der Waals surface area contributed by atoms with Crippen molar-refractivity contribution in [2.75, 3.05) is 59.4 Å². The SMILES string of the molecule is CCCCCCCCCC(=O)NCCOCCOCCOCCOCCC(=O)OC(C)(C)C. The highest BCUT2D eigenvalue weighted by Crippen LogP contribution is 2.09. The minimum Gasteiger partial charge on any atom is -0.460 e. The maximum absolute atomic E-state index is 11.7. The summed E-state index contributed by atoms with van der Waals surface area (Å²) in [7, 11) is 0. The largest absolute Gasteiger partial charge is 0.460 e. The molecule has 0 saturated heterocycles. The van der Waals surface area contributed by atoms with Crippen molar-refractivity contribution in [2.24, 2.45) is 0 Å². The lowest BCUT2D eigenvalue weighted by Crippen LogP contribution is -2.27. The number of hydrogen-bond acceptors (Lipinski definition) is 7. The van der Waals surface area contributed by atoms with Gasteiger partial charge in [-0.25, -0.2) is 0 Å². The second-order valence-corrected chi connectivity index (χ2v) is 9.01. The highest BCUT2D eigenvalue weighted by molar-refractivity contribution is 5.75. The van der Waals surface area contributed by atoms with Crippen molar-refractivity contribution >= 4 is 11.9 Å². The molecular formula is C25H49NO7. The topological polar surface area (TPSA) is 92.3 Å². The molecule has 1 amide bonds. The summed E-state index contributed by atoms with van der Waals surface area (Å²) in [5.74, 6) is -0.153. The molecule has 0 radical (unpaired) electrons. The maximum atomic E-state index is 11.7. The number of esters is 1. The number of unbranched alkanes of at least 4 members (excludes halogenated alkanes) is 6. The van der Waals surface area contributed by atoms with Crippen LogP contribution < -0.4 is 5.32 Å². The zero-order chi connectivity index (χ0) is 24.6. The van der Waals surface area contributed by atoms with Gasteiger partial charge in [0, 0.05) is 13.0 Å². The van der Waals surface area contributed by atoms with Gasteiger partial charge in [-0.3, -0.25) is 9.59 Å². The average molecular weight is 476 g/mol. The van der Waals surface area contributed by atoms with Gasteiger partial charge in [-0.1, -0.05) is 45.4 Å². The number of carbonyl (C=O) groups excluding carboxylic acids is 2. The number of amides is 1. The van der Waals surface area contributed by atoms with Crippen LogP contribution >= 0.6 is 0 Å². The van der Waals surface area contributed by atoms with E-state index in [0.717, 1.165) is 12.8 Å². The summed E-state index contributed by atoms with van der Waals surface area (Å²) in [6.07, 6.45) is 9.34. The van der Waals surface area contributed by atoms with Gasteiger partial charge in [-0.15, -0.1) is 0 Å². The fraction of sp³-hybridized carbons (Fsp3) is 0.920. The summed E-state index contributed by atoms with van der Waals surface area (Å²) in [4.78, 5) is 23.3. The third-order valence-electron chi connectivity index (χ3n) is 4.56. The Hall–Kier alpha value is -1.22. The van der Waals surface area contributed by atoms with Crippen molar-refractivity contribution in [3.05, 3.63) is 0 Å². The van der Waals surface area contributed by atoms with E-state index in [4.69, 9.17) is 23.7 Å². The Kier molecular flexibility index (Phi) is 21.7. The van der Waals surface area contributed by atoms with Crippen LogP contribution in [0.25, 0.3) is 0 Å². The summed E-state index contributed by atoms with van der Waals surface area (Å²) in [5, 5.41) is 2.89. The van der Waals surface area contributed by atoms with Crippen LogP contribution in [0.2, 0.25) is 0 Å². The minimum atomic E-state index is -0.464. The van der Waals surface area contributed by atoms with E-state index >= 15 is 0 Å². The number of ether oxygens (including phenoxy) is 5. The monoisotopic (exact) mass is 475 g/mol. The van der Waals surface area contributed by atoms with Crippen LogP contribution in [0.3, 0.4) is 0 Å². The lowest BCUT2D eigenvalue weighted by Gasteiger charge is -2.19. The fourth-order valence-electron chi connectivity index (χ4n) is 2.90. The van der Waals surface area contributed by atoms with Gasteiger partial charge in [0.2, 0.25) is 5.91 Å². The lowest BCUT2D eigenvalue weighted by atomic mass is 10.1.